The average Bonchev–Trinajstić information content (AvgIpc) is 2.88. The summed E-state index contributed by atoms with van der Waals surface area (Å²) in [5, 5.41) is 0. The summed E-state index contributed by atoms with van der Waals surface area (Å²) < 4.78 is 84.7. The highest BCUT2D eigenvalue weighted by molar-refractivity contribution is 5.65. The summed E-state index contributed by atoms with van der Waals surface area (Å²) in [7, 11) is 0. The van der Waals surface area contributed by atoms with Crippen LogP contribution in [0.4, 0.5) is 26.3 Å². The molecule has 0 aliphatic carbocycles. The molecule has 0 nitrogen and oxygen atoms in total. The summed E-state index contributed by atoms with van der Waals surface area (Å²) in [6, 6.07) is 15.7. The van der Waals surface area contributed by atoms with Gasteiger partial charge in [-0.3, -0.25) is 0 Å². The summed E-state index contributed by atoms with van der Waals surface area (Å²) in [5.41, 5.74) is 2.63. The van der Waals surface area contributed by atoms with Gasteiger partial charge < -0.3 is 0 Å². The van der Waals surface area contributed by atoms with Crippen LogP contribution in [-0.2, 0) is 32.1 Å². The van der Waals surface area contributed by atoms with Crippen LogP contribution in [0, 0.1) is 34.9 Å². The van der Waals surface area contributed by atoms with Gasteiger partial charge in [-0.2, -0.15) is 0 Å². The van der Waals surface area contributed by atoms with Gasteiger partial charge in [0.2, 0.25) is 0 Å². The minimum atomic E-state index is -0.988. The van der Waals surface area contributed by atoms with Crippen molar-refractivity contribution in [2.75, 3.05) is 0 Å². The van der Waals surface area contributed by atoms with E-state index in [4.69, 9.17) is 0 Å². The molecule has 0 spiro atoms. The molecule has 4 rings (SSSR count). The van der Waals surface area contributed by atoms with E-state index in [0.717, 1.165) is 12.1 Å². The van der Waals surface area contributed by atoms with Gasteiger partial charge in [0.25, 0.3) is 0 Å². The minimum absolute atomic E-state index is 0.00355. The maximum atomic E-state index is 14.8. The van der Waals surface area contributed by atoms with Gasteiger partial charge in [0, 0.05) is 5.56 Å². The summed E-state index contributed by atoms with van der Waals surface area (Å²) in [5.74, 6) is -4.71. The maximum absolute atomic E-state index is 14.8. The number of benzene rings is 4. The third-order valence-corrected chi connectivity index (χ3v) is 6.51. The van der Waals surface area contributed by atoms with Crippen molar-refractivity contribution in [3.8, 4) is 11.1 Å². The number of halogens is 6. The number of aryl methyl sites for hydroxylation is 5. The van der Waals surface area contributed by atoms with Crippen molar-refractivity contribution in [3.63, 3.8) is 0 Å². The Morgan fingerprint density at radius 2 is 1.03 bits per heavy atom. The van der Waals surface area contributed by atoms with Gasteiger partial charge in [0.05, 0.1) is 0 Å². The Morgan fingerprint density at radius 1 is 0.459 bits per heavy atom. The van der Waals surface area contributed by atoms with Crippen LogP contribution in [0.15, 0.2) is 66.7 Å². The van der Waals surface area contributed by atoms with Crippen LogP contribution in [0.1, 0.15) is 41.2 Å². The highest BCUT2D eigenvalue weighted by atomic mass is 19.2. The predicted octanol–water partition coefficient (Wildman–Crippen LogP) is 8.71. The van der Waals surface area contributed by atoms with Gasteiger partial charge in [0.1, 0.15) is 11.6 Å². The largest absolute Gasteiger partial charge is 0.207 e. The lowest BCUT2D eigenvalue weighted by molar-refractivity contribution is 0.500. The average molecular weight is 513 g/mol. The van der Waals surface area contributed by atoms with Crippen molar-refractivity contribution in [1.82, 2.24) is 0 Å². The van der Waals surface area contributed by atoms with Crippen molar-refractivity contribution >= 4 is 0 Å². The molecule has 0 unspecified atom stereocenters. The molecular formula is C31H26F6. The molecule has 0 N–H and O–H groups in total. The summed E-state index contributed by atoms with van der Waals surface area (Å²) in [4.78, 5) is 0. The Morgan fingerprint density at radius 3 is 1.62 bits per heavy atom. The van der Waals surface area contributed by atoms with Crippen LogP contribution in [0.25, 0.3) is 11.1 Å². The molecule has 0 amide bonds. The standard InChI is InChI=1S/C31H26F6/c1-2-3-23-13-14-25(31(37)30(23)36)24-12-11-22(28(34)18-24)10-5-19-4-8-21(27(33)16-19)9-6-20-7-15-26(32)29(35)17-20/h4,7-8,11-18H,2-3,5-6,9-10H2,1H3. The van der Waals surface area contributed by atoms with Crippen LogP contribution < -0.4 is 0 Å². The predicted molar refractivity (Wildman–Crippen MR) is 133 cm³/mol. The van der Waals surface area contributed by atoms with E-state index in [0.29, 0.717) is 66.3 Å². The molecule has 6 heteroatoms. The third-order valence-electron chi connectivity index (χ3n) is 6.51. The molecule has 4 aromatic carbocycles. The molecule has 0 aliphatic rings. The highest BCUT2D eigenvalue weighted by Gasteiger charge is 2.16. The van der Waals surface area contributed by atoms with Crippen LogP contribution in [0.5, 0.6) is 0 Å². The smallest absolute Gasteiger partial charge is 0.166 e. The lowest BCUT2D eigenvalue weighted by atomic mass is 9.97. The zero-order valence-corrected chi connectivity index (χ0v) is 20.4. The molecule has 0 aliphatic heterocycles. The van der Waals surface area contributed by atoms with E-state index in [1.54, 1.807) is 18.2 Å². The van der Waals surface area contributed by atoms with Crippen LogP contribution in [0.2, 0.25) is 0 Å². The highest BCUT2D eigenvalue weighted by Crippen LogP contribution is 2.29. The second-order valence-corrected chi connectivity index (χ2v) is 9.13. The van der Waals surface area contributed by atoms with E-state index >= 15 is 0 Å². The van der Waals surface area contributed by atoms with Gasteiger partial charge in [-0.25, -0.2) is 26.3 Å². The Hall–Kier alpha value is -3.54. The molecule has 192 valence electrons. The minimum Gasteiger partial charge on any atom is -0.207 e. The fourth-order valence-corrected chi connectivity index (χ4v) is 4.39. The lowest BCUT2D eigenvalue weighted by Gasteiger charge is -2.11. The van der Waals surface area contributed by atoms with E-state index in [9.17, 15) is 26.3 Å². The first-order valence-corrected chi connectivity index (χ1v) is 12.2. The molecule has 0 atom stereocenters. The van der Waals surface area contributed by atoms with E-state index < -0.39 is 34.9 Å². The summed E-state index contributed by atoms with van der Waals surface area (Å²) >= 11 is 0. The first-order valence-electron chi connectivity index (χ1n) is 12.2. The van der Waals surface area contributed by atoms with Gasteiger partial charge in [-0.15, -0.1) is 0 Å². The SMILES string of the molecule is CCCc1ccc(-c2ccc(CCc3ccc(CCc4ccc(F)c(F)c4)c(F)c3)c(F)c2)c(F)c1F. The monoisotopic (exact) mass is 512 g/mol. The van der Waals surface area contributed by atoms with Gasteiger partial charge in [-0.05, 0) is 89.8 Å². The second kappa shape index (κ2) is 11.7. The van der Waals surface area contributed by atoms with Gasteiger partial charge in [-0.1, -0.05) is 55.8 Å². The third kappa shape index (κ3) is 6.24. The quantitative estimate of drug-likeness (QED) is 0.197. The fraction of sp³-hybridized carbons (Fsp3) is 0.226. The van der Waals surface area contributed by atoms with E-state index in [-0.39, 0.29) is 11.1 Å². The molecule has 0 heterocycles. The normalized spacial score (nSPS) is 11.2. The summed E-state index contributed by atoms with van der Waals surface area (Å²) in [6.45, 7) is 1.88. The zero-order valence-electron chi connectivity index (χ0n) is 20.4. The number of hydrogen-bond acceptors (Lipinski definition) is 0. The van der Waals surface area contributed by atoms with Crippen molar-refractivity contribution in [3.05, 3.63) is 129 Å². The molecule has 0 radical (unpaired) electrons. The first-order chi connectivity index (χ1) is 17.8. The first kappa shape index (κ1) is 26.5. The Balaban J connectivity index is 1.40. The van der Waals surface area contributed by atoms with Gasteiger partial charge >= 0.3 is 0 Å². The fourth-order valence-electron chi connectivity index (χ4n) is 4.39. The van der Waals surface area contributed by atoms with Gasteiger partial charge in [0.15, 0.2) is 23.3 Å². The zero-order chi connectivity index (χ0) is 26.5. The van der Waals surface area contributed by atoms with E-state index in [1.165, 1.54) is 36.4 Å². The molecule has 0 bridgehead atoms. The molecule has 37 heavy (non-hydrogen) atoms. The van der Waals surface area contributed by atoms with Crippen molar-refractivity contribution in [2.45, 2.75) is 45.4 Å². The van der Waals surface area contributed by atoms with Crippen LogP contribution >= 0.6 is 0 Å². The number of rotatable bonds is 9. The number of hydrogen-bond donors (Lipinski definition) is 0. The lowest BCUT2D eigenvalue weighted by Crippen LogP contribution is -2.00. The summed E-state index contributed by atoms with van der Waals surface area (Å²) in [6.07, 6.45) is 2.47. The van der Waals surface area contributed by atoms with Crippen LogP contribution in [0.3, 0.4) is 0 Å². The molecule has 0 saturated carbocycles. The van der Waals surface area contributed by atoms with Crippen molar-refractivity contribution < 1.29 is 26.3 Å². The molecular weight excluding hydrogens is 486 g/mol. The molecule has 0 saturated heterocycles. The van der Waals surface area contributed by atoms with Crippen molar-refractivity contribution in [1.29, 1.82) is 0 Å². The van der Waals surface area contributed by atoms with Crippen molar-refractivity contribution in [2.24, 2.45) is 0 Å². The van der Waals surface area contributed by atoms with Crippen LogP contribution in [-0.4, -0.2) is 0 Å². The molecule has 4 aromatic rings. The second-order valence-electron chi connectivity index (χ2n) is 9.13. The topological polar surface area (TPSA) is 0 Å². The molecule has 0 fully saturated rings. The maximum Gasteiger partial charge on any atom is 0.166 e. The Labute approximate surface area is 212 Å². The van der Waals surface area contributed by atoms with E-state index in [1.807, 2.05) is 6.92 Å². The Bertz CT molecular complexity index is 1410. The Kier molecular flexibility index (Phi) is 8.37. The van der Waals surface area contributed by atoms with E-state index in [2.05, 4.69) is 0 Å². The molecule has 0 aromatic heterocycles.